The van der Waals surface area contributed by atoms with E-state index in [0.29, 0.717) is 13.0 Å². The molecule has 0 unspecified atom stereocenters. The molecule has 0 aromatic rings. The minimum Gasteiger partial charge on any atom is -0.343 e. The van der Waals surface area contributed by atoms with Crippen molar-refractivity contribution in [2.24, 2.45) is 0 Å². The molecule has 0 radical (unpaired) electrons. The lowest BCUT2D eigenvalue weighted by Crippen LogP contribution is -2.41. The third kappa shape index (κ3) is 3.62. The third-order valence-corrected chi connectivity index (χ3v) is 3.72. The van der Waals surface area contributed by atoms with Gasteiger partial charge in [-0.25, -0.2) is 4.79 Å². The van der Waals surface area contributed by atoms with Crippen LogP contribution < -0.4 is 5.32 Å². The van der Waals surface area contributed by atoms with E-state index < -0.39 is 0 Å². The summed E-state index contributed by atoms with van der Waals surface area (Å²) in [4.78, 5) is 27.3. The number of nitrogens with zero attached hydrogens (tertiary/aromatic N) is 2. The van der Waals surface area contributed by atoms with Crippen molar-refractivity contribution < 1.29 is 9.59 Å². The van der Waals surface area contributed by atoms with Gasteiger partial charge < -0.3 is 15.1 Å². The van der Waals surface area contributed by atoms with E-state index in [2.05, 4.69) is 5.32 Å². The third-order valence-electron chi connectivity index (χ3n) is 3.72. The quantitative estimate of drug-likeness (QED) is 0.821. The molecule has 0 aromatic heterocycles. The molecule has 2 heterocycles. The molecule has 5 heteroatoms. The Hall–Kier alpha value is -1.26. The lowest BCUT2D eigenvalue weighted by atomic mass is 10.1. The number of urea groups is 1. The zero-order valence-corrected chi connectivity index (χ0v) is 11.0. The highest BCUT2D eigenvalue weighted by atomic mass is 16.2. The van der Waals surface area contributed by atoms with Gasteiger partial charge in [-0.3, -0.25) is 4.79 Å². The first-order chi connectivity index (χ1) is 8.77. The first kappa shape index (κ1) is 13.2. The Labute approximate surface area is 108 Å². The summed E-state index contributed by atoms with van der Waals surface area (Å²) >= 11 is 0. The van der Waals surface area contributed by atoms with Crippen molar-refractivity contribution in [3.05, 3.63) is 0 Å². The van der Waals surface area contributed by atoms with Crippen molar-refractivity contribution >= 4 is 11.9 Å². The van der Waals surface area contributed by atoms with Crippen LogP contribution in [0.1, 0.15) is 38.5 Å². The smallest absolute Gasteiger partial charge is 0.317 e. The lowest BCUT2D eigenvalue weighted by Gasteiger charge is -2.26. The van der Waals surface area contributed by atoms with Crippen LogP contribution in [0.2, 0.25) is 0 Å². The van der Waals surface area contributed by atoms with Crippen LogP contribution in [0.25, 0.3) is 0 Å². The molecule has 0 spiro atoms. The molecule has 2 fully saturated rings. The summed E-state index contributed by atoms with van der Waals surface area (Å²) in [6.07, 6.45) is 6.09. The van der Waals surface area contributed by atoms with Gasteiger partial charge in [0.1, 0.15) is 0 Å². The number of carbonyl (C=O) groups excluding carboxylic acids is 2. The van der Waals surface area contributed by atoms with Gasteiger partial charge in [0.15, 0.2) is 0 Å². The second-order valence-electron chi connectivity index (χ2n) is 5.12. The summed E-state index contributed by atoms with van der Waals surface area (Å²) in [7, 11) is 0. The van der Waals surface area contributed by atoms with Crippen molar-refractivity contribution in [1.29, 1.82) is 0 Å². The first-order valence-corrected chi connectivity index (χ1v) is 7.08. The summed E-state index contributed by atoms with van der Waals surface area (Å²) in [5, 5.41) is 2.83. The number of likely N-dealkylation sites (tertiary alicyclic amines) is 2. The normalized spacial score (nSPS) is 20.0. The molecule has 1 N–H and O–H groups in total. The van der Waals surface area contributed by atoms with E-state index in [9.17, 15) is 9.59 Å². The van der Waals surface area contributed by atoms with Crippen molar-refractivity contribution in [2.45, 2.75) is 38.5 Å². The van der Waals surface area contributed by atoms with Crippen LogP contribution in [0.4, 0.5) is 4.79 Å². The average Bonchev–Trinajstić information content (AvgIpc) is 2.93. The summed E-state index contributed by atoms with van der Waals surface area (Å²) in [5.74, 6) is 0.177. The summed E-state index contributed by atoms with van der Waals surface area (Å²) in [6, 6.07) is -0.0149. The zero-order chi connectivity index (χ0) is 12.8. The molecular weight excluding hydrogens is 230 g/mol. The molecule has 5 nitrogen and oxygen atoms in total. The van der Waals surface area contributed by atoms with E-state index in [-0.39, 0.29) is 11.9 Å². The van der Waals surface area contributed by atoms with Crippen LogP contribution in [0.3, 0.4) is 0 Å². The molecule has 0 saturated carbocycles. The van der Waals surface area contributed by atoms with Crippen LogP contribution in [-0.2, 0) is 4.79 Å². The predicted octanol–water partition coefficient (Wildman–Crippen LogP) is 1.19. The fourth-order valence-corrected chi connectivity index (χ4v) is 2.61. The standard InChI is InChI=1S/C13H23N3O2/c17-12(15-8-2-1-3-9-15)6-7-14-13(18)16-10-4-5-11-16/h1-11H2,(H,14,18). The number of piperidine rings is 1. The molecule has 2 aliphatic rings. The maximum Gasteiger partial charge on any atom is 0.317 e. The van der Waals surface area contributed by atoms with Gasteiger partial charge in [-0.2, -0.15) is 0 Å². The van der Waals surface area contributed by atoms with E-state index in [1.807, 2.05) is 9.80 Å². The van der Waals surface area contributed by atoms with Gasteiger partial charge in [-0.1, -0.05) is 0 Å². The summed E-state index contributed by atoms with van der Waals surface area (Å²) < 4.78 is 0. The van der Waals surface area contributed by atoms with Gasteiger partial charge in [0.25, 0.3) is 0 Å². The molecule has 102 valence electrons. The van der Waals surface area contributed by atoms with Crippen molar-refractivity contribution in [3.63, 3.8) is 0 Å². The molecule has 0 bridgehead atoms. The number of amides is 3. The van der Waals surface area contributed by atoms with Crippen molar-refractivity contribution in [3.8, 4) is 0 Å². The van der Waals surface area contributed by atoms with Crippen molar-refractivity contribution in [2.75, 3.05) is 32.7 Å². The van der Waals surface area contributed by atoms with Crippen molar-refractivity contribution in [1.82, 2.24) is 15.1 Å². The molecule has 2 saturated heterocycles. The highest BCUT2D eigenvalue weighted by Crippen LogP contribution is 2.10. The molecule has 0 atom stereocenters. The van der Waals surface area contributed by atoms with Gasteiger partial charge in [0.05, 0.1) is 0 Å². The number of rotatable bonds is 3. The van der Waals surface area contributed by atoms with Crippen LogP contribution in [0, 0.1) is 0 Å². The Morgan fingerprint density at radius 3 is 2.06 bits per heavy atom. The second-order valence-corrected chi connectivity index (χ2v) is 5.12. The summed E-state index contributed by atoms with van der Waals surface area (Å²) in [6.45, 7) is 3.94. The van der Waals surface area contributed by atoms with Crippen LogP contribution in [0.5, 0.6) is 0 Å². The Morgan fingerprint density at radius 1 is 0.833 bits per heavy atom. The molecule has 18 heavy (non-hydrogen) atoms. The predicted molar refractivity (Wildman–Crippen MR) is 69.3 cm³/mol. The Balaban J connectivity index is 1.62. The maximum atomic E-state index is 11.9. The zero-order valence-electron chi connectivity index (χ0n) is 11.0. The number of carbonyl (C=O) groups is 2. The molecule has 2 rings (SSSR count). The van der Waals surface area contributed by atoms with Crippen LogP contribution in [0.15, 0.2) is 0 Å². The monoisotopic (exact) mass is 253 g/mol. The fraction of sp³-hybridized carbons (Fsp3) is 0.846. The Kier molecular flexibility index (Phi) is 4.84. The van der Waals surface area contributed by atoms with Gasteiger partial charge in [-0.15, -0.1) is 0 Å². The second kappa shape index (κ2) is 6.61. The fourth-order valence-electron chi connectivity index (χ4n) is 2.61. The topological polar surface area (TPSA) is 52.7 Å². The minimum atomic E-state index is -0.0149. The van der Waals surface area contributed by atoms with E-state index in [0.717, 1.165) is 51.9 Å². The molecule has 2 aliphatic heterocycles. The van der Waals surface area contributed by atoms with E-state index in [1.165, 1.54) is 6.42 Å². The highest BCUT2D eigenvalue weighted by Gasteiger charge is 2.19. The van der Waals surface area contributed by atoms with Gasteiger partial charge >= 0.3 is 6.03 Å². The van der Waals surface area contributed by atoms with Gasteiger partial charge in [0, 0.05) is 39.1 Å². The van der Waals surface area contributed by atoms with E-state index in [1.54, 1.807) is 0 Å². The number of hydrogen-bond acceptors (Lipinski definition) is 2. The van der Waals surface area contributed by atoms with E-state index in [4.69, 9.17) is 0 Å². The maximum absolute atomic E-state index is 11.9. The minimum absolute atomic E-state index is 0.0149. The SMILES string of the molecule is O=C(CCNC(=O)N1CCCC1)N1CCCCC1. The summed E-state index contributed by atoms with van der Waals surface area (Å²) in [5.41, 5.74) is 0. The average molecular weight is 253 g/mol. The molecule has 0 aromatic carbocycles. The largest absolute Gasteiger partial charge is 0.343 e. The Morgan fingerprint density at radius 2 is 1.39 bits per heavy atom. The number of hydrogen-bond donors (Lipinski definition) is 1. The lowest BCUT2D eigenvalue weighted by molar-refractivity contribution is -0.131. The Bertz CT molecular complexity index is 295. The molecular formula is C13H23N3O2. The van der Waals surface area contributed by atoms with Crippen LogP contribution >= 0.6 is 0 Å². The highest BCUT2D eigenvalue weighted by molar-refractivity contribution is 5.78. The first-order valence-electron chi connectivity index (χ1n) is 7.08. The molecule has 0 aliphatic carbocycles. The van der Waals surface area contributed by atoms with Gasteiger partial charge in [-0.05, 0) is 32.1 Å². The van der Waals surface area contributed by atoms with Crippen LogP contribution in [-0.4, -0.2) is 54.5 Å². The number of nitrogens with one attached hydrogen (secondary N) is 1. The molecule has 3 amide bonds. The van der Waals surface area contributed by atoms with E-state index >= 15 is 0 Å². The van der Waals surface area contributed by atoms with Gasteiger partial charge in [0.2, 0.25) is 5.91 Å².